The van der Waals surface area contributed by atoms with E-state index in [1.54, 1.807) is 12.1 Å². The number of rotatable bonds is 4. The number of phenols is 1. The zero-order chi connectivity index (χ0) is 15.5. The number of benzene rings is 2. The van der Waals surface area contributed by atoms with Gasteiger partial charge in [0.1, 0.15) is 5.75 Å². The third-order valence-corrected chi connectivity index (χ3v) is 3.62. The lowest BCUT2D eigenvalue weighted by molar-refractivity contribution is 0.475. The summed E-state index contributed by atoms with van der Waals surface area (Å²) < 4.78 is 0. The first-order chi connectivity index (χ1) is 9.86. The summed E-state index contributed by atoms with van der Waals surface area (Å²) in [6.45, 7) is 8.89. The van der Waals surface area contributed by atoms with Gasteiger partial charge in [0.15, 0.2) is 0 Å². The third-order valence-electron chi connectivity index (χ3n) is 3.62. The summed E-state index contributed by atoms with van der Waals surface area (Å²) in [4.78, 5) is 0. The van der Waals surface area contributed by atoms with Crippen LogP contribution in [-0.2, 0) is 11.8 Å². The highest BCUT2D eigenvalue weighted by molar-refractivity contribution is 5.54. The maximum Gasteiger partial charge on any atom is 0.115 e. The Morgan fingerprint density at radius 3 is 2.24 bits per heavy atom. The summed E-state index contributed by atoms with van der Waals surface area (Å²) >= 11 is 0. The topological polar surface area (TPSA) is 32.3 Å². The number of hydrogen-bond donors (Lipinski definition) is 2. The van der Waals surface area contributed by atoms with Crippen molar-refractivity contribution in [3.63, 3.8) is 0 Å². The van der Waals surface area contributed by atoms with Crippen LogP contribution in [0, 0.1) is 0 Å². The smallest absolute Gasteiger partial charge is 0.115 e. The van der Waals surface area contributed by atoms with Crippen molar-refractivity contribution < 1.29 is 5.11 Å². The van der Waals surface area contributed by atoms with Crippen molar-refractivity contribution in [2.24, 2.45) is 0 Å². The predicted molar refractivity (Wildman–Crippen MR) is 90.0 cm³/mol. The average Bonchev–Trinajstić information content (AvgIpc) is 2.41. The molecule has 0 saturated heterocycles. The van der Waals surface area contributed by atoms with Crippen LogP contribution >= 0.6 is 0 Å². The molecule has 0 aromatic heterocycles. The van der Waals surface area contributed by atoms with Crippen LogP contribution in [0.3, 0.4) is 0 Å². The molecule has 2 N–H and O–H groups in total. The van der Waals surface area contributed by atoms with Gasteiger partial charge in [0, 0.05) is 11.7 Å². The van der Waals surface area contributed by atoms with Crippen molar-refractivity contribution in [3.8, 4) is 5.75 Å². The van der Waals surface area contributed by atoms with Crippen LogP contribution in [0.5, 0.6) is 5.75 Å². The molecule has 2 rings (SSSR count). The normalized spacial score (nSPS) is 13.0. The van der Waals surface area contributed by atoms with Crippen LogP contribution < -0.4 is 5.32 Å². The van der Waals surface area contributed by atoms with Gasteiger partial charge in [-0.05, 0) is 48.1 Å². The molecule has 2 aromatic carbocycles. The largest absolute Gasteiger partial charge is 0.508 e. The van der Waals surface area contributed by atoms with Gasteiger partial charge in [-0.1, -0.05) is 51.1 Å². The number of hydrogen-bond acceptors (Lipinski definition) is 2. The van der Waals surface area contributed by atoms with E-state index < -0.39 is 0 Å². The molecule has 1 unspecified atom stereocenters. The van der Waals surface area contributed by atoms with Gasteiger partial charge in [-0.25, -0.2) is 0 Å². The first-order valence-electron chi connectivity index (χ1n) is 7.50. The predicted octanol–water partition coefficient (Wildman–Crippen LogP) is 4.73. The van der Waals surface area contributed by atoms with Crippen molar-refractivity contribution in [2.75, 3.05) is 5.32 Å². The lowest BCUT2D eigenvalue weighted by Crippen LogP contribution is -2.22. The minimum atomic E-state index is 0.127. The van der Waals surface area contributed by atoms with Gasteiger partial charge < -0.3 is 10.4 Å². The molecule has 0 aliphatic rings. The van der Waals surface area contributed by atoms with Crippen molar-refractivity contribution in [1.82, 2.24) is 0 Å². The van der Waals surface area contributed by atoms with Crippen LogP contribution in [0.2, 0.25) is 0 Å². The van der Waals surface area contributed by atoms with Gasteiger partial charge in [0.05, 0.1) is 0 Å². The summed E-state index contributed by atoms with van der Waals surface area (Å²) in [6.07, 6.45) is 0.929. The minimum absolute atomic E-state index is 0.127. The highest BCUT2D eigenvalue weighted by Crippen LogP contribution is 2.29. The van der Waals surface area contributed by atoms with E-state index in [0.29, 0.717) is 11.8 Å². The molecule has 0 heterocycles. The van der Waals surface area contributed by atoms with Gasteiger partial charge in [-0.3, -0.25) is 0 Å². The monoisotopic (exact) mass is 283 g/mol. The van der Waals surface area contributed by atoms with Crippen LogP contribution in [0.1, 0.15) is 38.8 Å². The van der Waals surface area contributed by atoms with E-state index in [-0.39, 0.29) is 5.41 Å². The Balaban J connectivity index is 2.09. The molecule has 2 nitrogen and oxygen atoms in total. The zero-order valence-electron chi connectivity index (χ0n) is 13.4. The molecule has 1 atom stereocenters. The first kappa shape index (κ1) is 15.4. The van der Waals surface area contributed by atoms with Gasteiger partial charge in [-0.2, -0.15) is 0 Å². The van der Waals surface area contributed by atoms with E-state index >= 15 is 0 Å². The van der Waals surface area contributed by atoms with E-state index in [2.05, 4.69) is 57.3 Å². The van der Waals surface area contributed by atoms with Crippen LogP contribution in [-0.4, -0.2) is 11.1 Å². The molecule has 2 aromatic rings. The molecular weight excluding hydrogens is 258 g/mol. The Morgan fingerprint density at radius 1 is 1.00 bits per heavy atom. The van der Waals surface area contributed by atoms with E-state index in [1.165, 1.54) is 16.8 Å². The lowest BCUT2D eigenvalue weighted by atomic mass is 9.85. The molecule has 0 radical (unpaired) electrons. The van der Waals surface area contributed by atoms with Gasteiger partial charge >= 0.3 is 0 Å². The van der Waals surface area contributed by atoms with E-state index in [4.69, 9.17) is 0 Å². The summed E-state index contributed by atoms with van der Waals surface area (Å²) in [5.41, 5.74) is 3.89. The van der Waals surface area contributed by atoms with Gasteiger partial charge in [0.25, 0.3) is 0 Å². The molecule has 0 aliphatic heterocycles. The number of nitrogens with one attached hydrogen (secondary N) is 1. The van der Waals surface area contributed by atoms with Crippen LogP contribution in [0.4, 0.5) is 5.69 Å². The Labute approximate surface area is 127 Å². The zero-order valence-corrected chi connectivity index (χ0v) is 13.4. The van der Waals surface area contributed by atoms with E-state index in [9.17, 15) is 5.11 Å². The van der Waals surface area contributed by atoms with Gasteiger partial charge in [-0.15, -0.1) is 0 Å². The fourth-order valence-electron chi connectivity index (χ4n) is 2.57. The van der Waals surface area contributed by atoms with Crippen molar-refractivity contribution >= 4 is 5.69 Å². The summed E-state index contributed by atoms with van der Waals surface area (Å²) in [6, 6.07) is 16.3. The minimum Gasteiger partial charge on any atom is -0.508 e. The second-order valence-corrected chi connectivity index (χ2v) is 6.71. The lowest BCUT2D eigenvalue weighted by Gasteiger charge is -2.25. The highest BCUT2D eigenvalue weighted by Gasteiger charge is 2.18. The standard InChI is InChI=1S/C19H25NO/c1-14(13-15-9-11-16(21)12-10-15)20-18-8-6-5-7-17(18)19(2,3)4/h5-12,14,20-21H,13H2,1-4H3. The van der Waals surface area contributed by atoms with E-state index in [1.807, 2.05) is 12.1 Å². The SMILES string of the molecule is CC(Cc1ccc(O)cc1)Nc1ccccc1C(C)(C)C. The highest BCUT2D eigenvalue weighted by atomic mass is 16.3. The molecule has 0 aliphatic carbocycles. The molecule has 0 bridgehead atoms. The maximum absolute atomic E-state index is 9.34. The van der Waals surface area contributed by atoms with Crippen molar-refractivity contribution in [2.45, 2.75) is 45.6 Å². The van der Waals surface area contributed by atoms with Crippen molar-refractivity contribution in [3.05, 3.63) is 59.7 Å². The second kappa shape index (κ2) is 6.21. The Bertz CT molecular complexity index is 581. The number of aromatic hydroxyl groups is 1. The molecule has 0 saturated carbocycles. The van der Waals surface area contributed by atoms with Crippen LogP contribution in [0.15, 0.2) is 48.5 Å². The van der Waals surface area contributed by atoms with E-state index in [0.717, 1.165) is 6.42 Å². The first-order valence-corrected chi connectivity index (χ1v) is 7.50. The molecule has 0 fully saturated rings. The number of anilines is 1. The molecular formula is C19H25NO. The molecule has 112 valence electrons. The summed E-state index contributed by atoms with van der Waals surface area (Å²) in [7, 11) is 0. The fraction of sp³-hybridized carbons (Fsp3) is 0.368. The Hall–Kier alpha value is -1.96. The maximum atomic E-state index is 9.34. The number of phenolic OH excluding ortho intramolecular Hbond substituents is 1. The fourth-order valence-corrected chi connectivity index (χ4v) is 2.57. The third kappa shape index (κ3) is 4.25. The Morgan fingerprint density at radius 2 is 1.62 bits per heavy atom. The second-order valence-electron chi connectivity index (χ2n) is 6.71. The van der Waals surface area contributed by atoms with Crippen molar-refractivity contribution in [1.29, 1.82) is 0 Å². The van der Waals surface area contributed by atoms with Gasteiger partial charge in [0.2, 0.25) is 0 Å². The summed E-state index contributed by atoms with van der Waals surface area (Å²) in [5.74, 6) is 0.317. The molecule has 0 spiro atoms. The molecule has 0 amide bonds. The van der Waals surface area contributed by atoms with Crippen LogP contribution in [0.25, 0.3) is 0 Å². The Kier molecular flexibility index (Phi) is 4.56. The summed E-state index contributed by atoms with van der Waals surface area (Å²) in [5, 5.41) is 13.0. The quantitative estimate of drug-likeness (QED) is 0.850. The average molecular weight is 283 g/mol. The molecule has 21 heavy (non-hydrogen) atoms. The number of para-hydroxylation sites is 1. The molecule has 2 heteroatoms.